The summed E-state index contributed by atoms with van der Waals surface area (Å²) in [6, 6.07) is 1.08. The van der Waals surface area contributed by atoms with Gasteiger partial charge in [-0.15, -0.1) is 0 Å². The summed E-state index contributed by atoms with van der Waals surface area (Å²) in [5, 5.41) is 7.63. The lowest BCUT2D eigenvalue weighted by Gasteiger charge is -2.18. The number of pyridine rings is 1. The zero-order valence-corrected chi connectivity index (χ0v) is 14.4. The van der Waals surface area contributed by atoms with Crippen LogP contribution in [0, 0.1) is 12.3 Å². The number of hydrogen-bond acceptors (Lipinski definition) is 6. The zero-order chi connectivity index (χ0) is 17.8. The first-order valence-electron chi connectivity index (χ1n) is 6.83. The molecule has 0 fully saturated rings. The van der Waals surface area contributed by atoms with E-state index < -0.39 is 28.5 Å². The highest BCUT2D eigenvalue weighted by Crippen LogP contribution is 2.13. The van der Waals surface area contributed by atoms with Crippen molar-refractivity contribution in [1.29, 1.82) is 0 Å². The molecule has 0 radical (unpaired) electrons. The van der Waals surface area contributed by atoms with Gasteiger partial charge in [0.25, 0.3) is 5.91 Å². The number of nitrogens with two attached hydrogens (primary N) is 1. The molecule has 3 N–H and O–H groups in total. The van der Waals surface area contributed by atoms with Gasteiger partial charge in [0.15, 0.2) is 6.61 Å². The lowest BCUT2D eigenvalue weighted by Crippen LogP contribution is -2.35. The van der Waals surface area contributed by atoms with Gasteiger partial charge >= 0.3 is 5.97 Å². The maximum Gasteiger partial charge on any atom is 0.340 e. The molecule has 0 aliphatic carbocycles. The van der Waals surface area contributed by atoms with Crippen molar-refractivity contribution < 1.29 is 22.7 Å². The highest BCUT2D eigenvalue weighted by molar-refractivity contribution is 7.89. The first kappa shape index (κ1) is 19.0. The highest BCUT2D eigenvalue weighted by atomic mass is 32.2. The molecule has 0 aromatic carbocycles. The maximum atomic E-state index is 12.0. The quantitative estimate of drug-likeness (QED) is 0.743. The number of carbonyl (C=O) groups is 2. The van der Waals surface area contributed by atoms with Crippen molar-refractivity contribution in [2.75, 3.05) is 13.2 Å². The van der Waals surface area contributed by atoms with E-state index in [0.29, 0.717) is 6.54 Å². The van der Waals surface area contributed by atoms with Gasteiger partial charge in [0.05, 0.1) is 11.3 Å². The molecule has 0 saturated carbocycles. The number of amides is 1. The number of aryl methyl sites for hydroxylation is 1. The van der Waals surface area contributed by atoms with Crippen LogP contribution in [0.1, 0.15) is 36.8 Å². The summed E-state index contributed by atoms with van der Waals surface area (Å²) < 4.78 is 27.4. The molecule has 1 heterocycles. The van der Waals surface area contributed by atoms with Crippen molar-refractivity contribution in [3.63, 3.8) is 0 Å². The molecule has 0 spiro atoms. The Bertz CT molecular complexity index is 708. The van der Waals surface area contributed by atoms with E-state index in [1.807, 2.05) is 20.8 Å². The predicted molar refractivity (Wildman–Crippen MR) is 83.1 cm³/mol. The van der Waals surface area contributed by atoms with Crippen molar-refractivity contribution >= 4 is 21.9 Å². The van der Waals surface area contributed by atoms with Crippen LogP contribution in [0.3, 0.4) is 0 Å². The van der Waals surface area contributed by atoms with E-state index in [-0.39, 0.29) is 21.6 Å². The van der Waals surface area contributed by atoms with Gasteiger partial charge in [-0.3, -0.25) is 9.78 Å². The molecule has 23 heavy (non-hydrogen) atoms. The largest absolute Gasteiger partial charge is 0.452 e. The van der Waals surface area contributed by atoms with Crippen LogP contribution in [-0.4, -0.2) is 38.4 Å². The fourth-order valence-electron chi connectivity index (χ4n) is 1.50. The van der Waals surface area contributed by atoms with Crippen LogP contribution in [0.2, 0.25) is 0 Å². The summed E-state index contributed by atoms with van der Waals surface area (Å²) >= 11 is 0. The third-order valence-electron chi connectivity index (χ3n) is 2.76. The third-order valence-corrected chi connectivity index (χ3v) is 3.64. The van der Waals surface area contributed by atoms with Crippen LogP contribution in [0.15, 0.2) is 17.2 Å². The Morgan fingerprint density at radius 3 is 2.48 bits per heavy atom. The van der Waals surface area contributed by atoms with Gasteiger partial charge in [-0.2, -0.15) is 0 Å². The van der Waals surface area contributed by atoms with E-state index in [9.17, 15) is 18.0 Å². The monoisotopic (exact) mass is 343 g/mol. The number of carbonyl (C=O) groups excluding carboxylic acids is 2. The van der Waals surface area contributed by atoms with E-state index in [1.165, 1.54) is 6.92 Å². The Labute approximate surface area is 135 Å². The molecule has 1 amide bonds. The number of primary sulfonamides is 1. The number of ether oxygens (including phenoxy) is 1. The molecular formula is C14H21N3O5S. The molecule has 1 rings (SSSR count). The molecule has 0 unspecified atom stereocenters. The number of nitrogens with one attached hydrogen (secondary N) is 1. The molecule has 8 nitrogen and oxygen atoms in total. The van der Waals surface area contributed by atoms with Gasteiger partial charge in [-0.1, -0.05) is 20.8 Å². The summed E-state index contributed by atoms with van der Waals surface area (Å²) in [4.78, 5) is 27.1. The van der Waals surface area contributed by atoms with Gasteiger partial charge < -0.3 is 10.1 Å². The number of nitrogens with zero attached hydrogens (tertiary/aromatic N) is 1. The Kier molecular flexibility index (Phi) is 5.84. The van der Waals surface area contributed by atoms with Crippen molar-refractivity contribution in [3.8, 4) is 0 Å². The maximum absolute atomic E-state index is 12.0. The minimum atomic E-state index is -3.98. The molecule has 0 aliphatic rings. The van der Waals surface area contributed by atoms with E-state index in [1.54, 1.807) is 0 Å². The van der Waals surface area contributed by atoms with Crippen LogP contribution in [-0.2, 0) is 19.6 Å². The van der Waals surface area contributed by atoms with Gasteiger partial charge in [0.1, 0.15) is 4.90 Å². The van der Waals surface area contributed by atoms with Gasteiger partial charge in [-0.25, -0.2) is 18.4 Å². The average Bonchev–Trinajstić information content (AvgIpc) is 2.41. The van der Waals surface area contributed by atoms with Gasteiger partial charge in [0.2, 0.25) is 10.0 Å². The molecule has 1 aromatic heterocycles. The minimum Gasteiger partial charge on any atom is -0.452 e. The summed E-state index contributed by atoms with van der Waals surface area (Å²) in [6.45, 7) is 7.34. The van der Waals surface area contributed by atoms with Crippen LogP contribution in [0.25, 0.3) is 0 Å². The van der Waals surface area contributed by atoms with Crippen LogP contribution >= 0.6 is 0 Å². The SMILES string of the molecule is Cc1ncc(S(N)(=O)=O)cc1C(=O)OCC(=O)NCC(C)(C)C. The molecule has 0 aliphatic heterocycles. The Morgan fingerprint density at radius 2 is 1.96 bits per heavy atom. The second kappa shape index (κ2) is 7.05. The smallest absolute Gasteiger partial charge is 0.340 e. The van der Waals surface area contributed by atoms with Gasteiger partial charge in [-0.05, 0) is 18.4 Å². The molecule has 9 heteroatoms. The summed E-state index contributed by atoms with van der Waals surface area (Å²) in [6.07, 6.45) is 1.05. The number of rotatable bonds is 5. The summed E-state index contributed by atoms with van der Waals surface area (Å²) in [5.41, 5.74) is 0.127. The first-order chi connectivity index (χ1) is 10.4. The van der Waals surface area contributed by atoms with E-state index in [0.717, 1.165) is 12.3 Å². The lowest BCUT2D eigenvalue weighted by molar-refractivity contribution is -0.124. The molecular weight excluding hydrogens is 322 g/mol. The fourth-order valence-corrected chi connectivity index (χ4v) is 1.98. The molecule has 0 atom stereocenters. The van der Waals surface area contributed by atoms with Crippen molar-refractivity contribution in [3.05, 3.63) is 23.5 Å². The number of hydrogen-bond donors (Lipinski definition) is 2. The predicted octanol–water partition coefficient (Wildman–Crippen LogP) is 0.357. The Hall–Kier alpha value is -2.00. The minimum absolute atomic E-state index is 0.0554. The highest BCUT2D eigenvalue weighted by Gasteiger charge is 2.18. The molecule has 0 bridgehead atoms. The Morgan fingerprint density at radius 1 is 1.35 bits per heavy atom. The third kappa shape index (κ3) is 6.33. The van der Waals surface area contributed by atoms with E-state index in [4.69, 9.17) is 9.88 Å². The second-order valence-electron chi connectivity index (χ2n) is 6.26. The average molecular weight is 343 g/mol. The van der Waals surface area contributed by atoms with Crippen LogP contribution < -0.4 is 10.5 Å². The molecule has 0 saturated heterocycles. The van der Waals surface area contributed by atoms with Crippen LogP contribution in [0.4, 0.5) is 0 Å². The molecule has 128 valence electrons. The molecule has 1 aromatic rings. The van der Waals surface area contributed by atoms with Crippen molar-refractivity contribution in [2.24, 2.45) is 10.6 Å². The zero-order valence-electron chi connectivity index (χ0n) is 13.5. The standard InChI is InChI=1S/C14H21N3O5S/c1-9-11(5-10(6-16-9)23(15,20)21)13(19)22-7-12(18)17-8-14(2,3)4/h5-6H,7-8H2,1-4H3,(H,17,18)(H2,15,20,21). The second-order valence-corrected chi connectivity index (χ2v) is 7.82. The number of aromatic nitrogens is 1. The summed E-state index contributed by atoms with van der Waals surface area (Å²) in [5.74, 6) is -1.28. The van der Waals surface area contributed by atoms with Crippen molar-refractivity contribution in [2.45, 2.75) is 32.6 Å². The fraction of sp³-hybridized carbons (Fsp3) is 0.500. The van der Waals surface area contributed by atoms with E-state index in [2.05, 4.69) is 10.3 Å². The first-order valence-corrected chi connectivity index (χ1v) is 8.38. The van der Waals surface area contributed by atoms with E-state index >= 15 is 0 Å². The lowest BCUT2D eigenvalue weighted by atomic mass is 9.97. The number of sulfonamides is 1. The van der Waals surface area contributed by atoms with Gasteiger partial charge in [0, 0.05) is 12.7 Å². The summed E-state index contributed by atoms with van der Waals surface area (Å²) in [7, 11) is -3.98. The Balaban J connectivity index is 2.74. The number of esters is 1. The van der Waals surface area contributed by atoms with Crippen molar-refractivity contribution in [1.82, 2.24) is 10.3 Å². The topological polar surface area (TPSA) is 128 Å². The van der Waals surface area contributed by atoms with Crippen LogP contribution in [0.5, 0.6) is 0 Å². The normalized spacial score (nSPS) is 11.9.